The van der Waals surface area contributed by atoms with Crippen LogP contribution < -0.4 is 16.0 Å². The van der Waals surface area contributed by atoms with E-state index in [0.717, 1.165) is 42.9 Å². The Labute approximate surface area is 206 Å². The molecule has 3 atom stereocenters. The van der Waals surface area contributed by atoms with Gasteiger partial charge in [0.15, 0.2) is 0 Å². The zero-order valence-electron chi connectivity index (χ0n) is 20.1. The van der Waals surface area contributed by atoms with Gasteiger partial charge < -0.3 is 20.7 Å². The average Bonchev–Trinajstić information content (AvgIpc) is 2.89. The van der Waals surface area contributed by atoms with E-state index in [4.69, 9.17) is 0 Å². The summed E-state index contributed by atoms with van der Waals surface area (Å²) in [6, 6.07) is 11.8. The van der Waals surface area contributed by atoms with Crippen LogP contribution in [0.5, 0.6) is 0 Å². The second kappa shape index (κ2) is 12.0. The Morgan fingerprint density at radius 3 is 2.46 bits per heavy atom. The van der Waals surface area contributed by atoms with Crippen LogP contribution in [0.4, 0.5) is 0 Å². The summed E-state index contributed by atoms with van der Waals surface area (Å²) in [5.41, 5.74) is 0.496. The molecule has 0 radical (unpaired) electrons. The Morgan fingerprint density at radius 2 is 1.71 bits per heavy atom. The van der Waals surface area contributed by atoms with E-state index in [1.165, 1.54) is 6.42 Å². The van der Waals surface area contributed by atoms with Crippen molar-refractivity contribution in [1.29, 1.82) is 0 Å². The topological polar surface area (TPSA) is 104 Å². The predicted octanol–water partition coefficient (Wildman–Crippen LogP) is 3.51. The van der Waals surface area contributed by atoms with Gasteiger partial charge >= 0.3 is 0 Å². The fourth-order valence-electron chi connectivity index (χ4n) is 5.36. The lowest BCUT2D eigenvalue weighted by molar-refractivity contribution is -0.129. The molecule has 0 spiro atoms. The first-order chi connectivity index (χ1) is 17.0. The molecule has 1 unspecified atom stereocenters. The molecule has 3 amide bonds. The summed E-state index contributed by atoms with van der Waals surface area (Å²) >= 11 is 0. The highest BCUT2D eigenvalue weighted by molar-refractivity contribution is 6.01. The van der Waals surface area contributed by atoms with Crippen molar-refractivity contribution in [1.82, 2.24) is 16.0 Å². The van der Waals surface area contributed by atoms with Crippen molar-refractivity contribution in [3.8, 4) is 0 Å². The molecule has 1 aliphatic carbocycles. The number of aldehydes is 1. The van der Waals surface area contributed by atoms with Crippen LogP contribution in [0.15, 0.2) is 42.5 Å². The van der Waals surface area contributed by atoms with Crippen LogP contribution in [0.1, 0.15) is 68.1 Å². The molecule has 186 valence electrons. The highest BCUT2D eigenvalue weighted by atomic mass is 16.2. The van der Waals surface area contributed by atoms with Crippen molar-refractivity contribution < 1.29 is 19.2 Å². The molecule has 7 nitrogen and oxygen atoms in total. The van der Waals surface area contributed by atoms with Gasteiger partial charge in [-0.3, -0.25) is 14.4 Å². The minimum Gasteiger partial charge on any atom is -0.356 e. The number of hydrogen-bond donors (Lipinski definition) is 3. The van der Waals surface area contributed by atoms with E-state index in [1.807, 2.05) is 36.4 Å². The number of carbonyl (C=O) groups excluding carboxylic acids is 4. The molecular formula is C28H35N3O4. The summed E-state index contributed by atoms with van der Waals surface area (Å²) in [7, 11) is 0. The maximum atomic E-state index is 13.3. The van der Waals surface area contributed by atoms with Gasteiger partial charge in [0, 0.05) is 18.0 Å². The molecule has 3 N–H and O–H groups in total. The predicted molar refractivity (Wildman–Crippen MR) is 135 cm³/mol. The van der Waals surface area contributed by atoms with Crippen molar-refractivity contribution >= 4 is 34.8 Å². The lowest BCUT2D eigenvalue weighted by Gasteiger charge is -2.28. The highest BCUT2D eigenvalue weighted by Gasteiger charge is 2.30. The third kappa shape index (κ3) is 6.68. The van der Waals surface area contributed by atoms with E-state index in [2.05, 4.69) is 16.0 Å². The molecule has 4 rings (SSSR count). The van der Waals surface area contributed by atoms with Crippen LogP contribution in [-0.4, -0.2) is 42.6 Å². The van der Waals surface area contributed by atoms with E-state index >= 15 is 0 Å². The van der Waals surface area contributed by atoms with Crippen molar-refractivity contribution in [3.63, 3.8) is 0 Å². The number of amides is 3. The van der Waals surface area contributed by atoms with Crippen LogP contribution >= 0.6 is 0 Å². The zero-order valence-corrected chi connectivity index (χ0v) is 20.1. The van der Waals surface area contributed by atoms with Gasteiger partial charge in [0.1, 0.15) is 12.3 Å². The van der Waals surface area contributed by atoms with Crippen molar-refractivity contribution in [2.45, 2.75) is 69.9 Å². The van der Waals surface area contributed by atoms with E-state index in [1.54, 1.807) is 6.07 Å². The summed E-state index contributed by atoms with van der Waals surface area (Å²) in [6.07, 6.45) is 8.62. The molecule has 0 aromatic heterocycles. The number of fused-ring (bicyclic) bond motifs is 1. The standard InChI is InChI=1S/C28H35N3O4/c32-18-24(17-22-11-6-14-29-26(22)33)30-28(35)25(15-19-7-2-1-3-8-19)31-27(34)23-13-12-20-9-4-5-10-21(20)16-23/h4-5,9-10,12-13,16,18-19,22,24-25H,1-3,6-8,11,14-15,17H2,(H,29,33)(H,30,35)(H,31,34)/t22?,24-,25-/m0/s1. The van der Waals surface area contributed by atoms with Gasteiger partial charge in [-0.05, 0) is 54.5 Å². The lowest BCUT2D eigenvalue weighted by Crippen LogP contribution is -2.52. The van der Waals surface area contributed by atoms with Crippen LogP contribution in [-0.2, 0) is 14.4 Å². The Morgan fingerprint density at radius 1 is 0.943 bits per heavy atom. The average molecular weight is 478 g/mol. The Balaban J connectivity index is 1.46. The molecule has 1 saturated carbocycles. The van der Waals surface area contributed by atoms with Crippen LogP contribution in [0.2, 0.25) is 0 Å². The molecule has 35 heavy (non-hydrogen) atoms. The summed E-state index contributed by atoms with van der Waals surface area (Å²) in [4.78, 5) is 50.3. The molecule has 1 heterocycles. The molecule has 0 bridgehead atoms. The second-order valence-corrected chi connectivity index (χ2v) is 9.94. The molecule has 2 aliphatic rings. The Bertz CT molecular complexity index is 1060. The minimum absolute atomic E-state index is 0.0688. The lowest BCUT2D eigenvalue weighted by atomic mass is 9.84. The highest BCUT2D eigenvalue weighted by Crippen LogP contribution is 2.28. The first-order valence-corrected chi connectivity index (χ1v) is 12.9. The maximum absolute atomic E-state index is 13.3. The number of carbonyl (C=O) groups is 4. The third-order valence-corrected chi connectivity index (χ3v) is 7.36. The Kier molecular flexibility index (Phi) is 8.50. The molecule has 1 aliphatic heterocycles. The van der Waals surface area contributed by atoms with Crippen molar-refractivity contribution in [3.05, 3.63) is 48.0 Å². The molecule has 2 aromatic rings. The fraction of sp³-hybridized carbons (Fsp3) is 0.500. The summed E-state index contributed by atoms with van der Waals surface area (Å²) in [6.45, 7) is 0.651. The molecular weight excluding hydrogens is 442 g/mol. The van der Waals surface area contributed by atoms with Crippen molar-refractivity contribution in [2.75, 3.05) is 6.54 Å². The number of rotatable bonds is 9. The molecule has 7 heteroatoms. The van der Waals surface area contributed by atoms with E-state index in [-0.39, 0.29) is 30.1 Å². The quantitative estimate of drug-likeness (QED) is 0.481. The second-order valence-electron chi connectivity index (χ2n) is 9.94. The van der Waals surface area contributed by atoms with E-state index in [0.29, 0.717) is 37.2 Å². The number of hydrogen-bond acceptors (Lipinski definition) is 4. The van der Waals surface area contributed by atoms with Gasteiger partial charge in [-0.1, -0.05) is 62.4 Å². The van der Waals surface area contributed by atoms with Gasteiger partial charge in [0.05, 0.1) is 6.04 Å². The van der Waals surface area contributed by atoms with Crippen LogP contribution in [0, 0.1) is 11.8 Å². The first kappa shape index (κ1) is 24.9. The van der Waals surface area contributed by atoms with Gasteiger partial charge in [0.25, 0.3) is 5.91 Å². The molecule has 1 saturated heterocycles. The zero-order chi connectivity index (χ0) is 24.6. The Hall–Kier alpha value is -3.22. The fourth-order valence-corrected chi connectivity index (χ4v) is 5.36. The van der Waals surface area contributed by atoms with Crippen molar-refractivity contribution in [2.24, 2.45) is 11.8 Å². The smallest absolute Gasteiger partial charge is 0.251 e. The first-order valence-electron chi connectivity index (χ1n) is 12.9. The largest absolute Gasteiger partial charge is 0.356 e. The summed E-state index contributed by atoms with van der Waals surface area (Å²) < 4.78 is 0. The van der Waals surface area contributed by atoms with E-state index in [9.17, 15) is 19.2 Å². The normalized spacial score (nSPS) is 20.5. The minimum atomic E-state index is -0.761. The SMILES string of the molecule is O=C[C@H](CC1CCCNC1=O)NC(=O)[C@H](CC1CCCCC1)NC(=O)c1ccc2ccccc2c1. The van der Waals surface area contributed by atoms with Crippen LogP contribution in [0.3, 0.4) is 0 Å². The number of piperidine rings is 1. The van der Waals surface area contributed by atoms with Gasteiger partial charge in [-0.15, -0.1) is 0 Å². The maximum Gasteiger partial charge on any atom is 0.251 e. The van der Waals surface area contributed by atoms with Crippen LogP contribution in [0.25, 0.3) is 10.8 Å². The van der Waals surface area contributed by atoms with Gasteiger partial charge in [-0.2, -0.15) is 0 Å². The van der Waals surface area contributed by atoms with Gasteiger partial charge in [0.2, 0.25) is 11.8 Å². The number of nitrogens with one attached hydrogen (secondary N) is 3. The van der Waals surface area contributed by atoms with E-state index < -0.39 is 12.1 Å². The monoisotopic (exact) mass is 477 g/mol. The van der Waals surface area contributed by atoms with Gasteiger partial charge in [-0.25, -0.2) is 0 Å². The molecule has 2 aromatic carbocycles. The summed E-state index contributed by atoms with van der Waals surface area (Å²) in [5, 5.41) is 10.6. The third-order valence-electron chi connectivity index (χ3n) is 7.36. The molecule has 2 fully saturated rings. The summed E-state index contributed by atoms with van der Waals surface area (Å²) in [5.74, 6) is -0.668. The number of benzene rings is 2.